The van der Waals surface area contributed by atoms with Crippen LogP contribution in [0.4, 0.5) is 0 Å². The average molecular weight is 375 g/mol. The minimum Gasteiger partial charge on any atom is -0.300 e. The predicted octanol–water partition coefficient (Wildman–Crippen LogP) is 5.35. The topological polar surface area (TPSA) is 34.1 Å². The van der Waals surface area contributed by atoms with Gasteiger partial charge in [0.25, 0.3) is 0 Å². The zero-order valence-corrected chi connectivity index (χ0v) is 17.0. The van der Waals surface area contributed by atoms with Gasteiger partial charge in [0.05, 0.1) is 5.38 Å². The molecule has 0 saturated heterocycles. The summed E-state index contributed by atoms with van der Waals surface area (Å²) in [5.41, 5.74) is 1.50. The Kier molecular flexibility index (Phi) is 4.30. The number of hydrogen-bond acceptors (Lipinski definition) is 2. The van der Waals surface area contributed by atoms with Gasteiger partial charge in [-0.15, -0.1) is 18.2 Å². The van der Waals surface area contributed by atoms with Crippen molar-refractivity contribution in [3.63, 3.8) is 0 Å². The second kappa shape index (κ2) is 6.06. The summed E-state index contributed by atoms with van der Waals surface area (Å²) in [7, 11) is 0. The third kappa shape index (κ3) is 2.37. The number of carbonyl (C=O) groups is 2. The molecule has 0 aromatic carbocycles. The van der Waals surface area contributed by atoms with Crippen LogP contribution in [0.25, 0.3) is 0 Å². The van der Waals surface area contributed by atoms with Crippen LogP contribution in [0.2, 0.25) is 0 Å². The molecule has 142 valence electrons. The minimum atomic E-state index is -0.370. The molecule has 0 radical (unpaired) electrons. The first kappa shape index (κ1) is 18.5. The molecule has 0 aromatic heterocycles. The van der Waals surface area contributed by atoms with Crippen LogP contribution < -0.4 is 0 Å². The van der Waals surface area contributed by atoms with E-state index in [1.807, 2.05) is 12.2 Å². The van der Waals surface area contributed by atoms with Crippen LogP contribution in [0.5, 0.6) is 0 Å². The van der Waals surface area contributed by atoms with Crippen LogP contribution in [-0.4, -0.2) is 16.9 Å². The van der Waals surface area contributed by atoms with E-state index in [-0.39, 0.29) is 27.9 Å². The summed E-state index contributed by atoms with van der Waals surface area (Å²) in [5, 5.41) is -0.370. The second-order valence-electron chi connectivity index (χ2n) is 9.84. The van der Waals surface area contributed by atoms with E-state index in [1.165, 1.54) is 5.57 Å². The summed E-state index contributed by atoms with van der Waals surface area (Å²) in [5.74, 6) is 2.70. The smallest absolute Gasteiger partial charge is 0.173 e. The van der Waals surface area contributed by atoms with Crippen molar-refractivity contribution < 1.29 is 9.59 Å². The van der Waals surface area contributed by atoms with Crippen LogP contribution in [0, 0.1) is 40.4 Å². The third-order valence-electron chi connectivity index (χ3n) is 8.81. The number of ketones is 2. The van der Waals surface area contributed by atoms with Gasteiger partial charge in [0.2, 0.25) is 0 Å². The number of halogens is 1. The van der Waals surface area contributed by atoms with E-state index in [0.717, 1.165) is 38.5 Å². The minimum absolute atomic E-state index is 0.0581. The molecular formula is C23H31ClO2. The lowest BCUT2D eigenvalue weighted by atomic mass is 9.46. The summed E-state index contributed by atoms with van der Waals surface area (Å²) < 4.78 is 0. The Balaban J connectivity index is 1.71. The van der Waals surface area contributed by atoms with Crippen molar-refractivity contribution in [1.29, 1.82) is 0 Å². The van der Waals surface area contributed by atoms with Gasteiger partial charge in [-0.25, -0.2) is 0 Å². The lowest BCUT2D eigenvalue weighted by molar-refractivity contribution is -0.129. The number of fused-ring (bicyclic) bond motifs is 5. The maximum Gasteiger partial charge on any atom is 0.173 e. The monoisotopic (exact) mass is 374 g/mol. The molecule has 3 fully saturated rings. The van der Waals surface area contributed by atoms with Crippen molar-refractivity contribution in [2.24, 2.45) is 40.4 Å². The standard InChI is InChI=1S/C23H31ClO2/c1-5-14-10-18-16-7-6-15-11-20(26)19(24)12-23(15,4)17(16)8-9-22(18,3)21(14)13(2)25/h5,11,14,16-19,21H,1,6-10,12H2,2-4H3/t14-,16-,17+,18+,19?,21+,22+,23+/m1/s1. The first-order valence-corrected chi connectivity index (χ1v) is 10.7. The summed E-state index contributed by atoms with van der Waals surface area (Å²) in [6.45, 7) is 10.5. The van der Waals surface area contributed by atoms with E-state index in [2.05, 4.69) is 20.4 Å². The molecule has 0 aromatic rings. The lowest BCUT2D eigenvalue weighted by Crippen LogP contribution is -2.52. The van der Waals surface area contributed by atoms with Gasteiger partial charge >= 0.3 is 0 Å². The highest BCUT2D eigenvalue weighted by molar-refractivity contribution is 6.33. The number of hydrogen-bond donors (Lipinski definition) is 0. The summed E-state index contributed by atoms with van der Waals surface area (Å²) in [6, 6.07) is 0. The molecule has 1 unspecified atom stereocenters. The highest BCUT2D eigenvalue weighted by Gasteiger charge is 2.62. The number of allylic oxidation sites excluding steroid dienone is 2. The lowest BCUT2D eigenvalue weighted by Gasteiger charge is -2.58. The molecule has 0 spiro atoms. The molecule has 0 N–H and O–H groups in total. The van der Waals surface area contributed by atoms with Crippen molar-refractivity contribution in [2.75, 3.05) is 0 Å². The number of carbonyl (C=O) groups excluding carboxylic acids is 2. The first-order valence-electron chi connectivity index (χ1n) is 10.2. The molecule has 8 atom stereocenters. The van der Waals surface area contributed by atoms with Gasteiger partial charge in [0.15, 0.2) is 5.78 Å². The van der Waals surface area contributed by atoms with E-state index in [0.29, 0.717) is 29.5 Å². The maximum absolute atomic E-state index is 12.5. The Hall–Kier alpha value is -0.890. The fourth-order valence-corrected chi connectivity index (χ4v) is 8.06. The number of alkyl halides is 1. The van der Waals surface area contributed by atoms with Gasteiger partial charge in [0, 0.05) is 5.92 Å². The van der Waals surface area contributed by atoms with Gasteiger partial charge in [-0.2, -0.15) is 0 Å². The summed E-state index contributed by atoms with van der Waals surface area (Å²) >= 11 is 6.40. The molecule has 0 amide bonds. The van der Waals surface area contributed by atoms with Crippen molar-refractivity contribution in [2.45, 2.75) is 64.7 Å². The average Bonchev–Trinajstić information content (AvgIpc) is 2.89. The summed E-state index contributed by atoms with van der Waals surface area (Å²) in [6.07, 6.45) is 10.2. The molecule has 2 nitrogen and oxygen atoms in total. The molecule has 0 heterocycles. The molecule has 0 bridgehead atoms. The van der Waals surface area contributed by atoms with Crippen LogP contribution in [0.15, 0.2) is 24.3 Å². The Morgan fingerprint density at radius 1 is 1.31 bits per heavy atom. The van der Waals surface area contributed by atoms with Crippen LogP contribution in [0.1, 0.15) is 59.3 Å². The first-order chi connectivity index (χ1) is 12.2. The SMILES string of the molecule is C=C[C@@H]1C[C@H]2[C@@H]3CCC4=CC(=O)C(Cl)C[C@]4(C)[C@H]3CC[C@]2(C)[C@H]1C(C)=O. The second-order valence-corrected chi connectivity index (χ2v) is 10.4. The fourth-order valence-electron chi connectivity index (χ4n) is 7.68. The van der Waals surface area contributed by atoms with Crippen LogP contribution in [0.3, 0.4) is 0 Å². The fraction of sp³-hybridized carbons (Fsp3) is 0.739. The Bertz CT molecular complexity index is 694. The maximum atomic E-state index is 12.5. The molecule has 4 aliphatic rings. The Morgan fingerprint density at radius 3 is 2.69 bits per heavy atom. The van der Waals surface area contributed by atoms with E-state index in [1.54, 1.807) is 6.92 Å². The van der Waals surface area contributed by atoms with Gasteiger partial charge in [-0.1, -0.05) is 25.5 Å². The van der Waals surface area contributed by atoms with E-state index in [9.17, 15) is 9.59 Å². The highest BCUT2D eigenvalue weighted by Crippen LogP contribution is 2.68. The van der Waals surface area contributed by atoms with Gasteiger partial charge in [-0.05, 0) is 86.0 Å². The van der Waals surface area contributed by atoms with Crippen molar-refractivity contribution >= 4 is 23.2 Å². The van der Waals surface area contributed by atoms with E-state index >= 15 is 0 Å². The molecule has 26 heavy (non-hydrogen) atoms. The molecule has 4 aliphatic carbocycles. The van der Waals surface area contributed by atoms with Gasteiger partial charge in [-0.3, -0.25) is 9.59 Å². The van der Waals surface area contributed by atoms with Gasteiger partial charge in [0.1, 0.15) is 5.78 Å². The van der Waals surface area contributed by atoms with Crippen LogP contribution >= 0.6 is 11.6 Å². The Morgan fingerprint density at radius 2 is 2.04 bits per heavy atom. The third-order valence-corrected chi connectivity index (χ3v) is 9.18. The summed E-state index contributed by atoms with van der Waals surface area (Å²) in [4.78, 5) is 24.6. The molecule has 3 heteroatoms. The van der Waals surface area contributed by atoms with E-state index < -0.39 is 0 Å². The zero-order valence-electron chi connectivity index (χ0n) is 16.3. The number of rotatable bonds is 2. The predicted molar refractivity (Wildman–Crippen MR) is 105 cm³/mol. The van der Waals surface area contributed by atoms with Crippen molar-refractivity contribution in [3.05, 3.63) is 24.3 Å². The van der Waals surface area contributed by atoms with Crippen molar-refractivity contribution in [1.82, 2.24) is 0 Å². The van der Waals surface area contributed by atoms with Crippen molar-refractivity contribution in [3.8, 4) is 0 Å². The van der Waals surface area contributed by atoms with Crippen LogP contribution in [-0.2, 0) is 9.59 Å². The molecule has 3 saturated carbocycles. The quantitative estimate of drug-likeness (QED) is 0.482. The number of Topliss-reactive ketones (excluding diaryl/α,β-unsaturated/α-hetero) is 1. The van der Waals surface area contributed by atoms with E-state index in [4.69, 9.17) is 11.6 Å². The largest absolute Gasteiger partial charge is 0.300 e. The van der Waals surface area contributed by atoms with Gasteiger partial charge < -0.3 is 0 Å². The normalized spacial score (nSPS) is 50.3. The highest BCUT2D eigenvalue weighted by atomic mass is 35.5. The molecule has 4 rings (SSSR count). The molecular weight excluding hydrogens is 344 g/mol. The zero-order chi connectivity index (χ0) is 18.9. The molecule has 0 aliphatic heterocycles. The Labute approximate surface area is 162 Å².